The SMILES string of the molecule is CCN(C)C(=O)CN(C)CC(C)C. The Balaban J connectivity index is 3.77. The van der Waals surface area contributed by atoms with E-state index in [-0.39, 0.29) is 5.91 Å². The molecule has 3 nitrogen and oxygen atoms in total. The van der Waals surface area contributed by atoms with E-state index < -0.39 is 0 Å². The zero-order valence-electron chi connectivity index (χ0n) is 9.50. The van der Waals surface area contributed by atoms with Gasteiger partial charge in [-0.3, -0.25) is 9.69 Å². The Morgan fingerprint density at radius 2 is 1.85 bits per heavy atom. The third-order valence-electron chi connectivity index (χ3n) is 1.98. The van der Waals surface area contributed by atoms with Gasteiger partial charge in [-0.2, -0.15) is 0 Å². The normalized spacial score (nSPS) is 11.0. The lowest BCUT2D eigenvalue weighted by Crippen LogP contribution is -2.37. The van der Waals surface area contributed by atoms with Gasteiger partial charge in [0.1, 0.15) is 0 Å². The van der Waals surface area contributed by atoms with Crippen molar-refractivity contribution in [3.63, 3.8) is 0 Å². The van der Waals surface area contributed by atoms with E-state index in [9.17, 15) is 4.79 Å². The molecule has 0 atom stereocenters. The molecular formula is C10H22N2O. The van der Waals surface area contributed by atoms with Crippen LogP contribution in [0.1, 0.15) is 20.8 Å². The second kappa shape index (κ2) is 5.97. The second-order valence-electron chi connectivity index (χ2n) is 4.00. The molecule has 0 aliphatic carbocycles. The minimum Gasteiger partial charge on any atom is -0.345 e. The van der Waals surface area contributed by atoms with Gasteiger partial charge in [-0.05, 0) is 19.9 Å². The van der Waals surface area contributed by atoms with Crippen LogP contribution in [0, 0.1) is 5.92 Å². The summed E-state index contributed by atoms with van der Waals surface area (Å²) in [6.07, 6.45) is 0. The Hall–Kier alpha value is -0.570. The number of amides is 1. The van der Waals surface area contributed by atoms with Gasteiger partial charge < -0.3 is 4.90 Å². The Morgan fingerprint density at radius 3 is 2.23 bits per heavy atom. The third kappa shape index (κ3) is 5.64. The van der Waals surface area contributed by atoms with Crippen LogP contribution >= 0.6 is 0 Å². The van der Waals surface area contributed by atoms with Gasteiger partial charge >= 0.3 is 0 Å². The van der Waals surface area contributed by atoms with E-state index in [0.717, 1.165) is 13.1 Å². The number of carbonyl (C=O) groups excluding carboxylic acids is 1. The zero-order valence-corrected chi connectivity index (χ0v) is 9.50. The zero-order chi connectivity index (χ0) is 10.4. The van der Waals surface area contributed by atoms with Crippen molar-refractivity contribution in [1.82, 2.24) is 9.80 Å². The number of hydrogen-bond acceptors (Lipinski definition) is 2. The molecule has 13 heavy (non-hydrogen) atoms. The Kier molecular flexibility index (Phi) is 5.71. The van der Waals surface area contributed by atoms with Crippen molar-refractivity contribution in [1.29, 1.82) is 0 Å². The lowest BCUT2D eigenvalue weighted by molar-refractivity contribution is -0.130. The molecule has 0 aromatic heterocycles. The maximum atomic E-state index is 11.5. The highest BCUT2D eigenvalue weighted by molar-refractivity contribution is 5.77. The monoisotopic (exact) mass is 186 g/mol. The van der Waals surface area contributed by atoms with Crippen LogP contribution in [0.2, 0.25) is 0 Å². The second-order valence-corrected chi connectivity index (χ2v) is 4.00. The van der Waals surface area contributed by atoms with E-state index in [0.29, 0.717) is 12.5 Å². The molecule has 0 saturated carbocycles. The van der Waals surface area contributed by atoms with E-state index in [2.05, 4.69) is 18.7 Å². The summed E-state index contributed by atoms with van der Waals surface area (Å²) in [7, 11) is 3.83. The van der Waals surface area contributed by atoms with Crippen LogP contribution in [0.5, 0.6) is 0 Å². The fourth-order valence-electron chi connectivity index (χ4n) is 1.22. The maximum Gasteiger partial charge on any atom is 0.236 e. The quantitative estimate of drug-likeness (QED) is 0.641. The molecule has 0 spiro atoms. The third-order valence-corrected chi connectivity index (χ3v) is 1.98. The first-order valence-electron chi connectivity index (χ1n) is 4.89. The topological polar surface area (TPSA) is 23.6 Å². The molecule has 0 aliphatic heterocycles. The Morgan fingerprint density at radius 1 is 1.31 bits per heavy atom. The number of rotatable bonds is 5. The van der Waals surface area contributed by atoms with Gasteiger partial charge in [0, 0.05) is 20.1 Å². The van der Waals surface area contributed by atoms with Crippen molar-refractivity contribution in [2.45, 2.75) is 20.8 Å². The Labute approximate surface area is 81.7 Å². The molecular weight excluding hydrogens is 164 g/mol. The minimum absolute atomic E-state index is 0.200. The predicted octanol–water partition coefficient (Wildman–Crippen LogP) is 1.05. The van der Waals surface area contributed by atoms with Gasteiger partial charge in [0.2, 0.25) is 5.91 Å². The molecule has 0 aromatic rings. The lowest BCUT2D eigenvalue weighted by atomic mass is 10.2. The fourth-order valence-corrected chi connectivity index (χ4v) is 1.22. The van der Waals surface area contributed by atoms with Gasteiger partial charge in [0.15, 0.2) is 0 Å². The number of hydrogen-bond donors (Lipinski definition) is 0. The van der Waals surface area contributed by atoms with Gasteiger partial charge in [0.25, 0.3) is 0 Å². The molecule has 78 valence electrons. The van der Waals surface area contributed by atoms with Crippen LogP contribution in [0.15, 0.2) is 0 Å². The van der Waals surface area contributed by atoms with Crippen LogP contribution in [0.4, 0.5) is 0 Å². The van der Waals surface area contributed by atoms with Crippen molar-refractivity contribution in [3.8, 4) is 0 Å². The summed E-state index contributed by atoms with van der Waals surface area (Å²) >= 11 is 0. The molecule has 0 fully saturated rings. The number of carbonyl (C=O) groups is 1. The van der Waals surface area contributed by atoms with Gasteiger partial charge in [-0.15, -0.1) is 0 Å². The van der Waals surface area contributed by atoms with Crippen molar-refractivity contribution in [2.24, 2.45) is 5.92 Å². The van der Waals surface area contributed by atoms with Crippen LogP contribution in [0.3, 0.4) is 0 Å². The summed E-state index contributed by atoms with van der Waals surface area (Å²) in [5.74, 6) is 0.815. The molecule has 0 heterocycles. The first-order chi connectivity index (χ1) is 5.97. The Bertz CT molecular complexity index is 157. The first kappa shape index (κ1) is 12.4. The highest BCUT2D eigenvalue weighted by Gasteiger charge is 2.10. The molecule has 0 aromatic carbocycles. The van der Waals surface area contributed by atoms with Crippen LogP contribution in [-0.4, -0.2) is 49.4 Å². The maximum absolute atomic E-state index is 11.5. The van der Waals surface area contributed by atoms with E-state index in [1.165, 1.54) is 0 Å². The molecule has 0 bridgehead atoms. The smallest absolute Gasteiger partial charge is 0.236 e. The highest BCUT2D eigenvalue weighted by atomic mass is 16.2. The van der Waals surface area contributed by atoms with Crippen molar-refractivity contribution < 1.29 is 4.79 Å². The van der Waals surface area contributed by atoms with Crippen molar-refractivity contribution in [3.05, 3.63) is 0 Å². The average Bonchev–Trinajstić information content (AvgIpc) is 2.01. The summed E-state index contributed by atoms with van der Waals surface area (Å²) in [4.78, 5) is 15.3. The van der Waals surface area contributed by atoms with Crippen LogP contribution in [0.25, 0.3) is 0 Å². The summed E-state index contributed by atoms with van der Waals surface area (Å²) in [5.41, 5.74) is 0. The molecule has 0 aliphatic rings. The van der Waals surface area contributed by atoms with E-state index in [1.807, 2.05) is 21.0 Å². The summed E-state index contributed by atoms with van der Waals surface area (Å²) in [5, 5.41) is 0. The van der Waals surface area contributed by atoms with Crippen molar-refractivity contribution in [2.75, 3.05) is 33.7 Å². The average molecular weight is 186 g/mol. The lowest BCUT2D eigenvalue weighted by Gasteiger charge is -2.21. The van der Waals surface area contributed by atoms with Gasteiger partial charge in [0.05, 0.1) is 6.54 Å². The number of likely N-dealkylation sites (N-methyl/N-ethyl adjacent to an activating group) is 2. The number of nitrogens with zero attached hydrogens (tertiary/aromatic N) is 2. The first-order valence-corrected chi connectivity index (χ1v) is 4.89. The van der Waals surface area contributed by atoms with Crippen LogP contribution in [-0.2, 0) is 4.79 Å². The van der Waals surface area contributed by atoms with Gasteiger partial charge in [-0.1, -0.05) is 13.8 Å². The van der Waals surface area contributed by atoms with E-state index in [4.69, 9.17) is 0 Å². The summed E-state index contributed by atoms with van der Waals surface area (Å²) in [6, 6.07) is 0. The molecule has 0 unspecified atom stereocenters. The summed E-state index contributed by atoms with van der Waals surface area (Å²) in [6.45, 7) is 8.59. The largest absolute Gasteiger partial charge is 0.345 e. The molecule has 1 amide bonds. The molecule has 0 radical (unpaired) electrons. The molecule has 0 N–H and O–H groups in total. The fraction of sp³-hybridized carbons (Fsp3) is 0.900. The molecule has 0 saturated heterocycles. The van der Waals surface area contributed by atoms with Crippen LogP contribution < -0.4 is 0 Å². The molecule has 3 heteroatoms. The van der Waals surface area contributed by atoms with E-state index in [1.54, 1.807) is 4.90 Å². The van der Waals surface area contributed by atoms with Gasteiger partial charge in [-0.25, -0.2) is 0 Å². The minimum atomic E-state index is 0.200. The van der Waals surface area contributed by atoms with Crippen molar-refractivity contribution >= 4 is 5.91 Å². The summed E-state index contributed by atoms with van der Waals surface area (Å²) < 4.78 is 0. The predicted molar refractivity (Wildman–Crippen MR) is 55.6 cm³/mol. The highest BCUT2D eigenvalue weighted by Crippen LogP contribution is 1.96. The standard InChI is InChI=1S/C10H22N2O/c1-6-12(5)10(13)8-11(4)7-9(2)3/h9H,6-8H2,1-5H3. The molecule has 0 rings (SSSR count). The van der Waals surface area contributed by atoms with E-state index >= 15 is 0 Å².